The Kier molecular flexibility index (Phi) is 4.97. The summed E-state index contributed by atoms with van der Waals surface area (Å²) in [5, 5.41) is 10.9. The lowest BCUT2D eigenvalue weighted by atomic mass is 9.80. The standard InChI is InChI=1S/C37H22S3/c1-4-10-22-25(13-7-1)35-28(16-19-38-35)31(22)34(32-23-11-5-2-8-14-26(23)36-29(32)17-20-39-36)33-24-12-6-3-9-15-27(24)37-30(33)18-21-40-37/h1-21,34H. The Bertz CT molecular complexity index is 1990. The molecule has 0 bridgehead atoms. The monoisotopic (exact) mass is 562 g/mol. The summed E-state index contributed by atoms with van der Waals surface area (Å²) in [6, 6.07) is 40.7. The number of fused-ring (bicyclic) bond motifs is 9. The van der Waals surface area contributed by atoms with Gasteiger partial charge in [-0.2, -0.15) is 0 Å². The predicted octanol–water partition coefficient (Wildman–Crippen LogP) is 11.8. The van der Waals surface area contributed by atoms with Crippen LogP contribution in [0.5, 0.6) is 0 Å². The largest absolute Gasteiger partial charge is 0.143 e. The van der Waals surface area contributed by atoms with E-state index >= 15 is 0 Å². The topological polar surface area (TPSA) is 0 Å². The van der Waals surface area contributed by atoms with Crippen LogP contribution in [-0.4, -0.2) is 0 Å². The fourth-order valence-corrected chi connectivity index (χ4v) is 9.78. The Hall–Kier alpha value is -4.02. The van der Waals surface area contributed by atoms with E-state index in [2.05, 4.69) is 125 Å². The van der Waals surface area contributed by atoms with Gasteiger partial charge in [0.25, 0.3) is 0 Å². The minimum atomic E-state index is 0.0750. The molecule has 0 atom stereocenters. The zero-order valence-electron chi connectivity index (χ0n) is 21.4. The fraction of sp³-hybridized carbons (Fsp3) is 0.0270. The second kappa shape index (κ2) is 8.74. The van der Waals surface area contributed by atoms with Crippen molar-refractivity contribution in [1.29, 1.82) is 0 Å². The molecule has 0 saturated heterocycles. The van der Waals surface area contributed by atoms with Crippen LogP contribution in [0, 0.1) is 0 Å². The Morgan fingerprint density at radius 3 is 0.950 bits per heavy atom. The van der Waals surface area contributed by atoms with Crippen molar-refractivity contribution >= 4 is 64.3 Å². The predicted molar refractivity (Wildman–Crippen MR) is 176 cm³/mol. The zero-order valence-corrected chi connectivity index (χ0v) is 23.9. The Morgan fingerprint density at radius 1 is 0.325 bits per heavy atom. The first kappa shape index (κ1) is 22.8. The van der Waals surface area contributed by atoms with Gasteiger partial charge in [0, 0.05) is 20.0 Å². The summed E-state index contributed by atoms with van der Waals surface area (Å²) >= 11 is 5.59. The SMILES string of the molecule is c1ccc2c(C(c3c4cccccc-4c4sccc34)c3c4cccccc-4c4sccc34)c3ccsc3c-2cc1. The molecule has 0 N–H and O–H groups in total. The van der Waals surface area contributed by atoms with Gasteiger partial charge in [0.05, 0.1) is 0 Å². The average Bonchev–Trinajstić information content (AvgIpc) is 3.76. The molecule has 0 aliphatic heterocycles. The van der Waals surface area contributed by atoms with Gasteiger partial charge in [0.2, 0.25) is 0 Å². The third kappa shape index (κ3) is 3.06. The molecule has 6 aliphatic rings. The molecule has 0 fully saturated rings. The van der Waals surface area contributed by atoms with E-state index in [9.17, 15) is 0 Å². The van der Waals surface area contributed by atoms with Gasteiger partial charge in [-0.3, -0.25) is 0 Å². The average molecular weight is 563 g/mol. The van der Waals surface area contributed by atoms with Crippen LogP contribution in [0.2, 0.25) is 0 Å². The highest BCUT2D eigenvalue weighted by Gasteiger charge is 2.36. The molecule has 3 aromatic heterocycles. The van der Waals surface area contributed by atoms with E-state index in [1.54, 1.807) is 0 Å². The van der Waals surface area contributed by atoms with Crippen LogP contribution >= 0.6 is 34.0 Å². The van der Waals surface area contributed by atoms with Gasteiger partial charge in [-0.25, -0.2) is 0 Å². The normalized spacial score (nSPS) is 12.2. The van der Waals surface area contributed by atoms with E-state index in [4.69, 9.17) is 0 Å². The van der Waals surface area contributed by atoms with Crippen LogP contribution in [0.1, 0.15) is 22.6 Å². The smallest absolute Gasteiger partial charge is 0.0424 e. The van der Waals surface area contributed by atoms with Crippen molar-refractivity contribution in [2.45, 2.75) is 5.92 Å². The van der Waals surface area contributed by atoms with E-state index in [1.165, 1.54) is 80.3 Å². The molecule has 0 aromatic carbocycles. The molecule has 0 nitrogen and oxygen atoms in total. The van der Waals surface area contributed by atoms with Crippen molar-refractivity contribution < 1.29 is 0 Å². The molecule has 9 rings (SSSR count). The summed E-state index contributed by atoms with van der Waals surface area (Å²) < 4.78 is 4.16. The van der Waals surface area contributed by atoms with Gasteiger partial charge in [0.1, 0.15) is 0 Å². The van der Waals surface area contributed by atoms with E-state index in [0.717, 1.165) is 0 Å². The first-order valence-corrected chi connectivity index (χ1v) is 16.2. The maximum Gasteiger partial charge on any atom is 0.0424 e. The summed E-state index contributed by atoms with van der Waals surface area (Å²) in [5.41, 5.74) is 12.4. The highest BCUT2D eigenvalue weighted by atomic mass is 32.1. The van der Waals surface area contributed by atoms with Gasteiger partial charge in [-0.15, -0.1) is 34.0 Å². The quantitative estimate of drug-likeness (QED) is 0.201. The molecule has 0 spiro atoms. The molecule has 40 heavy (non-hydrogen) atoms. The molecule has 3 aromatic rings. The molecule has 0 radical (unpaired) electrons. The number of hydrogen-bond acceptors (Lipinski definition) is 3. The van der Waals surface area contributed by atoms with Crippen LogP contribution in [-0.2, 0) is 0 Å². The molecule has 188 valence electrons. The highest BCUT2D eigenvalue weighted by molar-refractivity contribution is 7.18. The van der Waals surface area contributed by atoms with E-state index < -0.39 is 0 Å². The van der Waals surface area contributed by atoms with E-state index in [0.29, 0.717) is 0 Å². The van der Waals surface area contributed by atoms with Crippen molar-refractivity contribution in [2.24, 2.45) is 0 Å². The van der Waals surface area contributed by atoms with E-state index in [1.807, 2.05) is 34.0 Å². The second-order valence-corrected chi connectivity index (χ2v) is 13.1. The van der Waals surface area contributed by atoms with E-state index in [-0.39, 0.29) is 5.92 Å². The van der Waals surface area contributed by atoms with Crippen LogP contribution in [0.3, 0.4) is 0 Å². The number of rotatable bonds is 3. The summed E-state index contributed by atoms with van der Waals surface area (Å²) in [6.45, 7) is 0. The van der Waals surface area contributed by atoms with Crippen molar-refractivity contribution in [1.82, 2.24) is 0 Å². The lowest BCUT2D eigenvalue weighted by molar-refractivity contribution is 1.03. The van der Waals surface area contributed by atoms with Crippen molar-refractivity contribution in [3.8, 4) is 33.4 Å². The Labute approximate surface area is 244 Å². The van der Waals surface area contributed by atoms with Crippen LogP contribution in [0.15, 0.2) is 125 Å². The third-order valence-corrected chi connectivity index (χ3v) is 11.3. The molecule has 3 heterocycles. The maximum absolute atomic E-state index is 2.36. The molecular formula is C37H22S3. The van der Waals surface area contributed by atoms with Gasteiger partial charge < -0.3 is 0 Å². The first-order chi connectivity index (χ1) is 19.9. The Morgan fingerprint density at radius 2 is 0.625 bits per heavy atom. The minimum Gasteiger partial charge on any atom is -0.143 e. The molecule has 6 aliphatic carbocycles. The maximum atomic E-state index is 2.36. The summed E-state index contributed by atoms with van der Waals surface area (Å²) in [7, 11) is 0. The van der Waals surface area contributed by atoms with Crippen LogP contribution in [0.25, 0.3) is 63.6 Å². The molecular weight excluding hydrogens is 541 g/mol. The summed E-state index contributed by atoms with van der Waals surface area (Å²) in [6.07, 6.45) is 0. The highest BCUT2D eigenvalue weighted by Crippen LogP contribution is 2.57. The van der Waals surface area contributed by atoms with Gasteiger partial charge in [-0.1, -0.05) is 91.0 Å². The fourth-order valence-electron chi connectivity index (χ4n) is 6.93. The first-order valence-electron chi connectivity index (χ1n) is 13.5. The summed E-state index contributed by atoms with van der Waals surface area (Å²) in [5.74, 6) is 0.0750. The van der Waals surface area contributed by atoms with Crippen molar-refractivity contribution in [3.63, 3.8) is 0 Å². The molecule has 3 heteroatoms. The second-order valence-electron chi connectivity index (χ2n) is 10.4. The molecule has 0 saturated carbocycles. The number of thiophene rings is 3. The van der Waals surface area contributed by atoms with Crippen molar-refractivity contribution in [2.75, 3.05) is 0 Å². The van der Waals surface area contributed by atoms with Crippen molar-refractivity contribution in [3.05, 3.63) is 142 Å². The lowest BCUT2D eigenvalue weighted by Crippen LogP contribution is -2.05. The molecule has 0 amide bonds. The molecule has 0 unspecified atom stereocenters. The van der Waals surface area contributed by atoms with Gasteiger partial charge in [-0.05, 0) is 101 Å². The van der Waals surface area contributed by atoms with Crippen LogP contribution < -0.4 is 0 Å². The third-order valence-electron chi connectivity index (χ3n) is 8.45. The number of hydrogen-bond donors (Lipinski definition) is 0. The van der Waals surface area contributed by atoms with Crippen LogP contribution in [0.4, 0.5) is 0 Å². The zero-order chi connectivity index (χ0) is 26.2. The van der Waals surface area contributed by atoms with Gasteiger partial charge >= 0.3 is 0 Å². The Balaban J connectivity index is 1.52. The summed E-state index contributed by atoms with van der Waals surface area (Å²) in [4.78, 5) is 0. The lowest BCUT2D eigenvalue weighted by Gasteiger charge is -2.22. The van der Waals surface area contributed by atoms with Gasteiger partial charge in [0.15, 0.2) is 0 Å². The minimum absolute atomic E-state index is 0.0750.